The van der Waals surface area contributed by atoms with E-state index < -0.39 is 0 Å². The van der Waals surface area contributed by atoms with Gasteiger partial charge >= 0.3 is 0 Å². The molecule has 0 heterocycles. The van der Waals surface area contributed by atoms with Crippen LogP contribution >= 0.6 is 0 Å². The van der Waals surface area contributed by atoms with E-state index in [9.17, 15) is 9.59 Å². The number of hydrogen-bond acceptors (Lipinski definition) is 4. The lowest BCUT2D eigenvalue weighted by molar-refractivity contribution is -0.122. The van der Waals surface area contributed by atoms with Crippen LogP contribution in [0.5, 0.6) is 5.75 Å². The summed E-state index contributed by atoms with van der Waals surface area (Å²) >= 11 is 0. The van der Waals surface area contributed by atoms with Crippen molar-refractivity contribution in [2.45, 2.75) is 46.0 Å². The fourth-order valence-corrected chi connectivity index (χ4v) is 2.94. The summed E-state index contributed by atoms with van der Waals surface area (Å²) in [5, 5.41) is 11.7. The highest BCUT2D eigenvalue weighted by atomic mass is 16.5. The van der Waals surface area contributed by atoms with Gasteiger partial charge in [0.15, 0.2) is 0 Å². The molecule has 158 valence electrons. The fraction of sp³-hybridized carbons (Fsp3) is 0.375. The van der Waals surface area contributed by atoms with Crippen LogP contribution in [-0.4, -0.2) is 25.0 Å². The number of rotatable bonds is 11. The number of nitriles is 1. The van der Waals surface area contributed by atoms with Gasteiger partial charge in [-0.05, 0) is 49.2 Å². The van der Waals surface area contributed by atoms with E-state index in [0.717, 1.165) is 29.8 Å². The molecule has 30 heavy (non-hydrogen) atoms. The van der Waals surface area contributed by atoms with Gasteiger partial charge in [0, 0.05) is 30.8 Å². The zero-order valence-electron chi connectivity index (χ0n) is 17.7. The minimum atomic E-state index is -0.223. The first-order valence-electron chi connectivity index (χ1n) is 10.3. The van der Waals surface area contributed by atoms with Gasteiger partial charge in [0.1, 0.15) is 5.75 Å². The number of aryl methyl sites for hydroxylation is 1. The van der Waals surface area contributed by atoms with Crippen LogP contribution in [0.4, 0.5) is 11.4 Å². The van der Waals surface area contributed by atoms with E-state index in [4.69, 9.17) is 10.00 Å². The van der Waals surface area contributed by atoms with E-state index >= 15 is 0 Å². The Kier molecular flexibility index (Phi) is 9.39. The number of nitrogens with one attached hydrogen (secondary N) is 1. The number of unbranched alkanes of at least 4 members (excludes halogenated alkanes) is 1. The van der Waals surface area contributed by atoms with Gasteiger partial charge in [0.25, 0.3) is 0 Å². The monoisotopic (exact) mass is 407 g/mol. The molecule has 0 radical (unpaired) electrons. The standard InChI is InChI=1S/C24H29N3O3/c1-3-4-17-30-21-11-12-22(19(2)18-21)26-23(28)13-14-24(29)27(16-8-15-25)20-9-6-5-7-10-20/h5-7,9-12,18H,3-4,8,13-14,16-17H2,1-2H3,(H,26,28). The summed E-state index contributed by atoms with van der Waals surface area (Å²) in [4.78, 5) is 26.6. The van der Waals surface area contributed by atoms with E-state index in [1.165, 1.54) is 0 Å². The predicted octanol–water partition coefficient (Wildman–Crippen LogP) is 4.84. The summed E-state index contributed by atoms with van der Waals surface area (Å²) in [6, 6.07) is 16.8. The van der Waals surface area contributed by atoms with Gasteiger partial charge in [-0.15, -0.1) is 0 Å². The van der Waals surface area contributed by atoms with Crippen molar-refractivity contribution in [2.24, 2.45) is 0 Å². The minimum absolute atomic E-state index is 0.0723. The van der Waals surface area contributed by atoms with E-state index in [2.05, 4.69) is 18.3 Å². The summed E-state index contributed by atoms with van der Waals surface area (Å²) in [5.41, 5.74) is 2.34. The highest BCUT2D eigenvalue weighted by Crippen LogP contribution is 2.22. The predicted molar refractivity (Wildman–Crippen MR) is 118 cm³/mol. The Balaban J connectivity index is 1.91. The number of para-hydroxylation sites is 1. The summed E-state index contributed by atoms with van der Waals surface area (Å²) < 4.78 is 5.68. The van der Waals surface area contributed by atoms with Gasteiger partial charge in [0.05, 0.1) is 19.1 Å². The van der Waals surface area contributed by atoms with Crippen LogP contribution in [0.15, 0.2) is 48.5 Å². The van der Waals surface area contributed by atoms with Crippen molar-refractivity contribution in [2.75, 3.05) is 23.4 Å². The van der Waals surface area contributed by atoms with Crippen LogP contribution in [0.3, 0.4) is 0 Å². The number of carbonyl (C=O) groups excluding carboxylic acids is 2. The van der Waals surface area contributed by atoms with Crippen LogP contribution in [-0.2, 0) is 9.59 Å². The normalized spacial score (nSPS) is 10.2. The molecule has 0 aliphatic rings. The van der Waals surface area contributed by atoms with Crippen molar-refractivity contribution < 1.29 is 14.3 Å². The Morgan fingerprint density at radius 2 is 1.90 bits per heavy atom. The van der Waals surface area contributed by atoms with Gasteiger partial charge in [-0.25, -0.2) is 0 Å². The average molecular weight is 408 g/mol. The molecule has 1 N–H and O–H groups in total. The smallest absolute Gasteiger partial charge is 0.227 e. The second kappa shape index (κ2) is 12.3. The minimum Gasteiger partial charge on any atom is -0.494 e. The van der Waals surface area contributed by atoms with Crippen LogP contribution in [0.1, 0.15) is 44.6 Å². The van der Waals surface area contributed by atoms with Crippen LogP contribution in [0.2, 0.25) is 0 Å². The molecule has 6 nitrogen and oxygen atoms in total. The maximum absolute atomic E-state index is 12.7. The lowest BCUT2D eigenvalue weighted by Gasteiger charge is -2.21. The number of carbonyl (C=O) groups is 2. The summed E-state index contributed by atoms with van der Waals surface area (Å²) in [7, 11) is 0. The average Bonchev–Trinajstić information content (AvgIpc) is 2.75. The molecular formula is C24H29N3O3. The fourth-order valence-electron chi connectivity index (χ4n) is 2.94. The third-order valence-electron chi connectivity index (χ3n) is 4.62. The molecule has 0 unspecified atom stereocenters. The Morgan fingerprint density at radius 3 is 2.57 bits per heavy atom. The van der Waals surface area contributed by atoms with Crippen molar-refractivity contribution >= 4 is 23.2 Å². The molecular weight excluding hydrogens is 378 g/mol. The van der Waals surface area contributed by atoms with Crippen molar-refractivity contribution in [3.05, 3.63) is 54.1 Å². The zero-order chi connectivity index (χ0) is 21.8. The molecule has 0 aliphatic carbocycles. The first kappa shape index (κ1) is 23.0. The first-order chi connectivity index (χ1) is 14.5. The molecule has 0 aromatic heterocycles. The summed E-state index contributed by atoms with van der Waals surface area (Å²) in [6.45, 7) is 5.00. The van der Waals surface area contributed by atoms with E-state index in [1.807, 2.05) is 55.5 Å². The van der Waals surface area contributed by atoms with Gasteiger partial charge in [0.2, 0.25) is 11.8 Å². The van der Waals surface area contributed by atoms with Crippen LogP contribution in [0, 0.1) is 18.3 Å². The SMILES string of the molecule is CCCCOc1ccc(NC(=O)CCC(=O)N(CCC#N)c2ccccc2)c(C)c1. The number of nitrogens with zero attached hydrogens (tertiary/aromatic N) is 2. The van der Waals surface area contributed by atoms with Crippen molar-refractivity contribution in [3.8, 4) is 11.8 Å². The third-order valence-corrected chi connectivity index (χ3v) is 4.62. The van der Waals surface area contributed by atoms with E-state index in [1.54, 1.807) is 4.90 Å². The Hall–Kier alpha value is -3.33. The Morgan fingerprint density at radius 1 is 1.13 bits per heavy atom. The molecule has 0 spiro atoms. The molecule has 2 aromatic rings. The molecule has 2 rings (SSSR count). The lowest BCUT2D eigenvalue weighted by Crippen LogP contribution is -2.32. The Bertz CT molecular complexity index is 875. The molecule has 2 aromatic carbocycles. The zero-order valence-corrected chi connectivity index (χ0v) is 17.7. The van der Waals surface area contributed by atoms with Crippen molar-refractivity contribution in [1.82, 2.24) is 0 Å². The second-order valence-electron chi connectivity index (χ2n) is 7.02. The summed E-state index contributed by atoms with van der Waals surface area (Å²) in [6.07, 6.45) is 2.45. The Labute approximate surface area is 178 Å². The molecule has 0 atom stereocenters. The lowest BCUT2D eigenvalue weighted by atomic mass is 10.1. The third kappa shape index (κ3) is 7.25. The number of anilines is 2. The number of ether oxygens (including phenoxy) is 1. The van der Waals surface area contributed by atoms with Crippen molar-refractivity contribution in [3.63, 3.8) is 0 Å². The maximum atomic E-state index is 12.7. The molecule has 0 fully saturated rings. The quantitative estimate of drug-likeness (QED) is 0.540. The van der Waals surface area contributed by atoms with Gasteiger partial charge in [-0.3, -0.25) is 9.59 Å². The molecule has 0 saturated heterocycles. The largest absolute Gasteiger partial charge is 0.494 e. The second-order valence-corrected chi connectivity index (χ2v) is 7.02. The highest BCUT2D eigenvalue weighted by Gasteiger charge is 2.17. The maximum Gasteiger partial charge on any atom is 0.227 e. The molecule has 0 aliphatic heterocycles. The number of hydrogen-bond donors (Lipinski definition) is 1. The van der Waals surface area contributed by atoms with Crippen LogP contribution < -0.4 is 15.0 Å². The molecule has 0 saturated carbocycles. The van der Waals surface area contributed by atoms with Crippen LogP contribution in [0.25, 0.3) is 0 Å². The van der Waals surface area contributed by atoms with E-state index in [-0.39, 0.29) is 31.1 Å². The van der Waals surface area contributed by atoms with Gasteiger partial charge < -0.3 is 15.0 Å². The van der Waals surface area contributed by atoms with Gasteiger partial charge in [-0.1, -0.05) is 31.5 Å². The van der Waals surface area contributed by atoms with Crippen molar-refractivity contribution in [1.29, 1.82) is 5.26 Å². The topological polar surface area (TPSA) is 82.4 Å². The number of amides is 2. The molecule has 0 bridgehead atoms. The summed E-state index contributed by atoms with van der Waals surface area (Å²) in [5.74, 6) is 0.382. The molecule has 2 amide bonds. The number of benzene rings is 2. The van der Waals surface area contributed by atoms with Gasteiger partial charge in [-0.2, -0.15) is 5.26 Å². The first-order valence-corrected chi connectivity index (χ1v) is 10.3. The molecule has 6 heteroatoms. The highest BCUT2D eigenvalue weighted by molar-refractivity contribution is 5.98. The van der Waals surface area contributed by atoms with E-state index in [0.29, 0.717) is 18.8 Å².